The Bertz CT molecular complexity index is 411. The molecule has 1 aromatic rings. The first-order valence-electron chi connectivity index (χ1n) is 6.52. The van der Waals surface area contributed by atoms with E-state index >= 15 is 0 Å². The highest BCUT2D eigenvalue weighted by atomic mass is 35.5. The van der Waals surface area contributed by atoms with Gasteiger partial charge in [0.2, 0.25) is 0 Å². The Morgan fingerprint density at radius 3 is 2.83 bits per heavy atom. The number of nitrogens with one attached hydrogen (secondary N) is 1. The largest absolute Gasteiger partial charge is 0.271 e. The zero-order valence-corrected chi connectivity index (χ0v) is 11.4. The molecule has 2 rings (SSSR count). The molecule has 1 fully saturated rings. The normalized spacial score (nSPS) is 25.3. The number of halogens is 2. The molecule has 3 N–H and O–H groups in total. The molecule has 18 heavy (non-hydrogen) atoms. The quantitative estimate of drug-likeness (QED) is 0.651. The second-order valence-corrected chi connectivity index (χ2v) is 5.69. The molecule has 4 heteroatoms. The summed E-state index contributed by atoms with van der Waals surface area (Å²) in [6.07, 6.45) is 4.49. The van der Waals surface area contributed by atoms with E-state index in [-0.39, 0.29) is 11.9 Å². The maximum absolute atomic E-state index is 13.0. The third-order valence-electron chi connectivity index (χ3n) is 4.11. The monoisotopic (exact) mass is 270 g/mol. The number of hydrazine groups is 1. The van der Waals surface area contributed by atoms with Crippen molar-refractivity contribution < 1.29 is 4.39 Å². The highest BCUT2D eigenvalue weighted by Crippen LogP contribution is 2.35. The number of nitrogens with two attached hydrogens (primary N) is 1. The first-order chi connectivity index (χ1) is 8.61. The molecule has 0 aromatic heterocycles. The van der Waals surface area contributed by atoms with Crippen LogP contribution in [0.15, 0.2) is 18.2 Å². The van der Waals surface area contributed by atoms with Gasteiger partial charge in [0.05, 0.1) is 0 Å². The van der Waals surface area contributed by atoms with Crippen LogP contribution >= 0.6 is 11.6 Å². The van der Waals surface area contributed by atoms with Crippen LogP contribution in [0.25, 0.3) is 0 Å². The van der Waals surface area contributed by atoms with Gasteiger partial charge < -0.3 is 0 Å². The van der Waals surface area contributed by atoms with Gasteiger partial charge in [-0.05, 0) is 42.4 Å². The summed E-state index contributed by atoms with van der Waals surface area (Å²) in [4.78, 5) is 0. The summed E-state index contributed by atoms with van der Waals surface area (Å²) in [5, 5.41) is 0.487. The van der Waals surface area contributed by atoms with Crippen LogP contribution in [0, 0.1) is 17.7 Å². The highest BCUT2D eigenvalue weighted by molar-refractivity contribution is 6.31. The van der Waals surface area contributed by atoms with Gasteiger partial charge in [0.1, 0.15) is 5.82 Å². The van der Waals surface area contributed by atoms with Crippen LogP contribution in [-0.2, 0) is 6.42 Å². The van der Waals surface area contributed by atoms with Crippen molar-refractivity contribution in [2.24, 2.45) is 17.7 Å². The summed E-state index contributed by atoms with van der Waals surface area (Å²) in [5.74, 6) is 6.64. The van der Waals surface area contributed by atoms with Gasteiger partial charge in [-0.2, -0.15) is 0 Å². The summed E-state index contributed by atoms with van der Waals surface area (Å²) < 4.78 is 13.0. The van der Waals surface area contributed by atoms with E-state index in [1.165, 1.54) is 31.4 Å². The summed E-state index contributed by atoms with van der Waals surface area (Å²) in [6, 6.07) is 4.78. The lowest BCUT2D eigenvalue weighted by Crippen LogP contribution is -2.43. The van der Waals surface area contributed by atoms with Crippen LogP contribution < -0.4 is 11.3 Å². The van der Waals surface area contributed by atoms with Crippen molar-refractivity contribution in [2.45, 2.75) is 38.6 Å². The van der Waals surface area contributed by atoms with Gasteiger partial charge in [-0.3, -0.25) is 11.3 Å². The molecule has 0 aliphatic heterocycles. The molecule has 2 nitrogen and oxygen atoms in total. The Labute approximate surface area is 113 Å². The Morgan fingerprint density at radius 1 is 1.50 bits per heavy atom. The fraction of sp³-hybridized carbons (Fsp3) is 0.571. The first kappa shape index (κ1) is 13.8. The Kier molecular flexibility index (Phi) is 4.60. The summed E-state index contributed by atoms with van der Waals surface area (Å²) >= 11 is 6.07. The molecule has 1 aliphatic carbocycles. The Balaban J connectivity index is 2.10. The summed E-state index contributed by atoms with van der Waals surface area (Å²) in [7, 11) is 0. The van der Waals surface area contributed by atoms with Crippen molar-refractivity contribution in [3.8, 4) is 0 Å². The van der Waals surface area contributed by atoms with E-state index in [1.807, 2.05) is 0 Å². The van der Waals surface area contributed by atoms with Gasteiger partial charge in [0.25, 0.3) is 0 Å². The fourth-order valence-corrected chi connectivity index (χ4v) is 3.27. The minimum absolute atomic E-state index is 0.213. The zero-order valence-electron chi connectivity index (χ0n) is 10.6. The molecule has 1 aliphatic rings. The van der Waals surface area contributed by atoms with E-state index in [1.54, 1.807) is 6.07 Å². The van der Waals surface area contributed by atoms with Crippen molar-refractivity contribution in [1.82, 2.24) is 5.43 Å². The van der Waals surface area contributed by atoms with Gasteiger partial charge in [-0.15, -0.1) is 0 Å². The van der Waals surface area contributed by atoms with Crippen LogP contribution in [0.3, 0.4) is 0 Å². The van der Waals surface area contributed by atoms with E-state index in [4.69, 9.17) is 17.4 Å². The summed E-state index contributed by atoms with van der Waals surface area (Å²) in [5.41, 5.74) is 3.87. The lowest BCUT2D eigenvalue weighted by Gasteiger charge is -2.26. The molecular formula is C14H20ClFN2. The number of benzene rings is 1. The molecule has 0 radical (unpaired) electrons. The van der Waals surface area contributed by atoms with Crippen molar-refractivity contribution in [1.29, 1.82) is 0 Å². The van der Waals surface area contributed by atoms with Gasteiger partial charge in [-0.1, -0.05) is 37.4 Å². The Hall–Kier alpha value is -0.640. The number of rotatable bonds is 4. The van der Waals surface area contributed by atoms with Crippen molar-refractivity contribution >= 4 is 11.6 Å². The maximum Gasteiger partial charge on any atom is 0.124 e. The van der Waals surface area contributed by atoms with Crippen molar-refractivity contribution in [2.75, 3.05) is 0 Å². The topological polar surface area (TPSA) is 38.0 Å². The second-order valence-electron chi connectivity index (χ2n) is 5.29. The Morgan fingerprint density at radius 2 is 2.28 bits per heavy atom. The van der Waals surface area contributed by atoms with Gasteiger partial charge in [0, 0.05) is 11.1 Å². The van der Waals surface area contributed by atoms with Crippen LogP contribution in [0.2, 0.25) is 5.02 Å². The molecule has 0 amide bonds. The minimum atomic E-state index is -0.296. The van der Waals surface area contributed by atoms with Crippen molar-refractivity contribution in [3.63, 3.8) is 0 Å². The van der Waals surface area contributed by atoms with Gasteiger partial charge in [0.15, 0.2) is 0 Å². The SMILES string of the molecule is CC1CCCC1C(Cc1ccc(F)cc1Cl)NN. The van der Waals surface area contributed by atoms with E-state index in [9.17, 15) is 4.39 Å². The number of hydrogen-bond donors (Lipinski definition) is 2. The molecule has 0 saturated heterocycles. The zero-order chi connectivity index (χ0) is 13.1. The fourth-order valence-electron chi connectivity index (χ4n) is 3.03. The van der Waals surface area contributed by atoms with E-state index < -0.39 is 0 Å². The molecule has 3 unspecified atom stereocenters. The maximum atomic E-state index is 13.0. The first-order valence-corrected chi connectivity index (χ1v) is 6.89. The van der Waals surface area contributed by atoms with Crippen LogP contribution in [0.5, 0.6) is 0 Å². The van der Waals surface area contributed by atoms with E-state index in [2.05, 4.69) is 12.3 Å². The van der Waals surface area contributed by atoms with Crippen LogP contribution in [0.4, 0.5) is 4.39 Å². The van der Waals surface area contributed by atoms with Crippen molar-refractivity contribution in [3.05, 3.63) is 34.6 Å². The molecular weight excluding hydrogens is 251 g/mol. The third kappa shape index (κ3) is 3.02. The van der Waals surface area contributed by atoms with Gasteiger partial charge >= 0.3 is 0 Å². The predicted octanol–water partition coefficient (Wildman–Crippen LogP) is 3.29. The predicted molar refractivity (Wildman–Crippen MR) is 72.7 cm³/mol. The molecule has 0 heterocycles. The molecule has 1 saturated carbocycles. The average Bonchev–Trinajstić information content (AvgIpc) is 2.75. The van der Waals surface area contributed by atoms with Gasteiger partial charge in [-0.25, -0.2) is 4.39 Å². The van der Waals surface area contributed by atoms with Crippen LogP contribution in [-0.4, -0.2) is 6.04 Å². The molecule has 3 atom stereocenters. The lowest BCUT2D eigenvalue weighted by molar-refractivity contribution is 0.297. The molecule has 100 valence electrons. The van der Waals surface area contributed by atoms with Crippen LogP contribution in [0.1, 0.15) is 31.7 Å². The average molecular weight is 271 g/mol. The molecule has 0 bridgehead atoms. The highest BCUT2D eigenvalue weighted by Gasteiger charge is 2.30. The standard InChI is InChI=1S/C14H20ClFN2/c1-9-3-2-4-12(9)14(18-17)7-10-5-6-11(16)8-13(10)15/h5-6,8-9,12,14,18H,2-4,7,17H2,1H3. The third-order valence-corrected chi connectivity index (χ3v) is 4.47. The molecule has 0 spiro atoms. The number of hydrogen-bond acceptors (Lipinski definition) is 2. The summed E-state index contributed by atoms with van der Waals surface area (Å²) in [6.45, 7) is 2.27. The molecule has 1 aromatic carbocycles. The smallest absolute Gasteiger partial charge is 0.124 e. The second kappa shape index (κ2) is 6.00. The van der Waals surface area contributed by atoms with E-state index in [0.717, 1.165) is 12.0 Å². The lowest BCUT2D eigenvalue weighted by atomic mass is 9.87. The van der Waals surface area contributed by atoms with E-state index in [0.29, 0.717) is 16.9 Å². The minimum Gasteiger partial charge on any atom is -0.271 e.